The van der Waals surface area contributed by atoms with Crippen LogP contribution < -0.4 is 16.0 Å². The van der Waals surface area contributed by atoms with Crippen LogP contribution in [0.15, 0.2) is 12.1 Å². The maximum Gasteiger partial charge on any atom is 0.418 e. The van der Waals surface area contributed by atoms with Gasteiger partial charge in [0.1, 0.15) is 0 Å². The van der Waals surface area contributed by atoms with Gasteiger partial charge in [0.25, 0.3) is 0 Å². The Balaban J connectivity index is 1.85. The molecule has 2 heterocycles. The van der Waals surface area contributed by atoms with Gasteiger partial charge in [-0.1, -0.05) is 0 Å². The number of alkyl halides is 3. The highest BCUT2D eigenvalue weighted by molar-refractivity contribution is 5.79. The van der Waals surface area contributed by atoms with Crippen LogP contribution in [0.25, 0.3) is 0 Å². The first kappa shape index (κ1) is 15.4. The second-order valence-corrected chi connectivity index (χ2v) is 5.86. The first-order chi connectivity index (χ1) is 10.3. The molecule has 0 bridgehead atoms. The predicted octanol–water partition coefficient (Wildman–Crippen LogP) is 1.74. The van der Waals surface area contributed by atoms with Crippen LogP contribution in [0.3, 0.4) is 0 Å². The van der Waals surface area contributed by atoms with Crippen LogP contribution >= 0.6 is 0 Å². The number of aliphatic hydroxyl groups excluding tert-OH is 1. The van der Waals surface area contributed by atoms with Crippen LogP contribution in [0.1, 0.15) is 18.1 Å². The van der Waals surface area contributed by atoms with Crippen LogP contribution in [0, 0.1) is 0 Å². The molecule has 2 aliphatic heterocycles. The molecule has 1 atom stereocenters. The number of hydrogen-bond acceptors (Lipinski definition) is 5. The van der Waals surface area contributed by atoms with E-state index in [4.69, 9.17) is 4.74 Å². The summed E-state index contributed by atoms with van der Waals surface area (Å²) in [6.07, 6.45) is -4.67. The molecule has 1 unspecified atom stereocenters. The van der Waals surface area contributed by atoms with Gasteiger partial charge >= 0.3 is 6.18 Å². The Morgan fingerprint density at radius 1 is 1.36 bits per heavy atom. The molecule has 0 spiro atoms. The quantitative estimate of drug-likeness (QED) is 0.681. The topological polar surface area (TPSA) is 65.5 Å². The minimum atomic E-state index is -4.42. The molecule has 0 aliphatic carbocycles. The molecule has 2 aliphatic rings. The van der Waals surface area contributed by atoms with E-state index in [-0.39, 0.29) is 25.0 Å². The number of fused-ring (bicyclic) bond motifs is 1. The van der Waals surface area contributed by atoms with Gasteiger partial charge in [0.05, 0.1) is 48.5 Å². The van der Waals surface area contributed by atoms with Crippen LogP contribution in [-0.2, 0) is 17.5 Å². The zero-order valence-corrected chi connectivity index (χ0v) is 12.0. The fraction of sp³-hybridized carbons (Fsp3) is 0.571. The Labute approximate surface area is 125 Å². The number of aliphatic hydroxyl groups is 1. The van der Waals surface area contributed by atoms with E-state index in [1.807, 2.05) is 0 Å². The van der Waals surface area contributed by atoms with Crippen LogP contribution in [0.5, 0.6) is 0 Å². The molecule has 8 heteroatoms. The van der Waals surface area contributed by atoms with E-state index in [0.29, 0.717) is 24.5 Å². The summed E-state index contributed by atoms with van der Waals surface area (Å²) in [6.45, 7) is 2.59. The number of halogens is 3. The predicted molar refractivity (Wildman–Crippen MR) is 75.6 cm³/mol. The third-order valence-electron chi connectivity index (χ3n) is 3.96. The van der Waals surface area contributed by atoms with Crippen molar-refractivity contribution in [3.63, 3.8) is 0 Å². The smallest absolute Gasteiger partial charge is 0.394 e. The van der Waals surface area contributed by atoms with E-state index in [2.05, 4.69) is 16.0 Å². The minimum absolute atomic E-state index is 0.0904. The molecule has 3 rings (SSSR count). The Bertz CT molecular complexity index is 568. The lowest BCUT2D eigenvalue weighted by Gasteiger charge is -2.40. The van der Waals surface area contributed by atoms with Gasteiger partial charge in [-0.05, 0) is 24.6 Å². The van der Waals surface area contributed by atoms with E-state index in [1.165, 1.54) is 0 Å². The van der Waals surface area contributed by atoms with Gasteiger partial charge in [0.15, 0.2) is 0 Å². The van der Waals surface area contributed by atoms with Gasteiger partial charge in [-0.25, -0.2) is 0 Å². The fourth-order valence-electron chi connectivity index (χ4n) is 2.67. The summed E-state index contributed by atoms with van der Waals surface area (Å²) < 4.78 is 44.7. The Morgan fingerprint density at radius 2 is 2.09 bits per heavy atom. The van der Waals surface area contributed by atoms with Crippen molar-refractivity contribution in [2.45, 2.75) is 31.3 Å². The molecule has 1 aromatic rings. The summed E-state index contributed by atoms with van der Waals surface area (Å²) in [5, 5.41) is 18.2. The van der Waals surface area contributed by atoms with Crippen LogP contribution in [-0.4, -0.2) is 36.6 Å². The zero-order valence-electron chi connectivity index (χ0n) is 12.0. The summed E-state index contributed by atoms with van der Waals surface area (Å²) in [4.78, 5) is 0. The average molecular weight is 317 g/mol. The number of benzene rings is 1. The molecular formula is C14H18F3N3O2. The summed E-state index contributed by atoms with van der Waals surface area (Å²) >= 11 is 0. The van der Waals surface area contributed by atoms with Crippen molar-refractivity contribution in [3.8, 4) is 0 Å². The molecule has 122 valence electrons. The maximum atomic E-state index is 13.2. The van der Waals surface area contributed by atoms with Crippen molar-refractivity contribution in [2.24, 2.45) is 0 Å². The van der Waals surface area contributed by atoms with Crippen molar-refractivity contribution in [1.29, 1.82) is 0 Å². The van der Waals surface area contributed by atoms with Gasteiger partial charge in [-0.15, -0.1) is 0 Å². The molecule has 4 N–H and O–H groups in total. The number of ether oxygens (including phenoxy) is 1. The van der Waals surface area contributed by atoms with Crippen molar-refractivity contribution in [1.82, 2.24) is 5.32 Å². The second-order valence-electron chi connectivity index (χ2n) is 5.86. The van der Waals surface area contributed by atoms with Gasteiger partial charge < -0.3 is 25.8 Å². The molecule has 1 aromatic carbocycles. The lowest BCUT2D eigenvalue weighted by Crippen LogP contribution is -2.62. The summed E-state index contributed by atoms with van der Waals surface area (Å²) in [5.41, 5.74) is -0.179. The highest BCUT2D eigenvalue weighted by atomic mass is 19.4. The molecule has 0 radical (unpaired) electrons. The van der Waals surface area contributed by atoms with Gasteiger partial charge in [-0.3, -0.25) is 0 Å². The van der Waals surface area contributed by atoms with E-state index in [1.54, 1.807) is 13.0 Å². The van der Waals surface area contributed by atoms with Gasteiger partial charge in [-0.2, -0.15) is 13.2 Å². The molecule has 0 aromatic heterocycles. The highest BCUT2D eigenvalue weighted by Crippen LogP contribution is 2.42. The third-order valence-corrected chi connectivity index (χ3v) is 3.96. The molecular weight excluding hydrogens is 299 g/mol. The SMILES string of the molecule is CC1Nc2cc(CNC3(CO)COC3)cc(C(F)(F)F)c2N1. The minimum Gasteiger partial charge on any atom is -0.394 e. The summed E-state index contributed by atoms with van der Waals surface area (Å²) in [6, 6.07) is 2.84. The number of nitrogens with one attached hydrogen (secondary N) is 3. The summed E-state index contributed by atoms with van der Waals surface area (Å²) in [7, 11) is 0. The van der Waals surface area contributed by atoms with Crippen molar-refractivity contribution >= 4 is 11.4 Å². The lowest BCUT2D eigenvalue weighted by atomic mass is 9.98. The first-order valence-corrected chi connectivity index (χ1v) is 7.04. The van der Waals surface area contributed by atoms with E-state index in [0.717, 1.165) is 6.07 Å². The van der Waals surface area contributed by atoms with Gasteiger partial charge in [0.2, 0.25) is 0 Å². The third kappa shape index (κ3) is 2.73. The largest absolute Gasteiger partial charge is 0.418 e. The number of rotatable bonds is 4. The lowest BCUT2D eigenvalue weighted by molar-refractivity contribution is -0.137. The second kappa shape index (κ2) is 5.29. The Kier molecular flexibility index (Phi) is 3.70. The van der Waals surface area contributed by atoms with E-state index in [9.17, 15) is 18.3 Å². The molecule has 22 heavy (non-hydrogen) atoms. The fourth-order valence-corrected chi connectivity index (χ4v) is 2.67. The Morgan fingerprint density at radius 3 is 2.64 bits per heavy atom. The molecule has 0 amide bonds. The van der Waals surface area contributed by atoms with E-state index >= 15 is 0 Å². The van der Waals surface area contributed by atoms with Crippen molar-refractivity contribution in [3.05, 3.63) is 23.3 Å². The standard InChI is InChI=1S/C14H18F3N3O2/c1-8-19-11-3-9(4-18-13(5-21)6-22-7-13)2-10(12(11)20-8)14(15,16)17/h2-3,8,18-21H,4-7H2,1H3. The van der Waals surface area contributed by atoms with Gasteiger partial charge in [0, 0.05) is 6.54 Å². The number of hydrogen-bond donors (Lipinski definition) is 4. The first-order valence-electron chi connectivity index (χ1n) is 7.04. The summed E-state index contributed by atoms with van der Waals surface area (Å²) in [5.74, 6) is 0. The Hall–Kier alpha value is -1.51. The normalized spacial score (nSPS) is 22.5. The maximum absolute atomic E-state index is 13.2. The van der Waals surface area contributed by atoms with Crippen LogP contribution in [0.2, 0.25) is 0 Å². The zero-order chi connectivity index (χ0) is 16.0. The molecule has 1 fully saturated rings. The van der Waals surface area contributed by atoms with E-state index < -0.39 is 17.3 Å². The highest BCUT2D eigenvalue weighted by Gasteiger charge is 2.39. The molecule has 1 saturated heterocycles. The average Bonchev–Trinajstić information content (AvgIpc) is 2.75. The number of anilines is 2. The van der Waals surface area contributed by atoms with Crippen molar-refractivity contribution in [2.75, 3.05) is 30.5 Å². The van der Waals surface area contributed by atoms with Crippen LogP contribution in [0.4, 0.5) is 24.5 Å². The van der Waals surface area contributed by atoms with Crippen molar-refractivity contribution < 1.29 is 23.0 Å². The monoisotopic (exact) mass is 317 g/mol. The molecule has 0 saturated carbocycles. The molecule has 5 nitrogen and oxygen atoms in total.